The number of methoxy groups -OCH3 is 1. The molecular weight excluding hydrogens is 509 g/mol. The lowest BCUT2D eigenvalue weighted by Gasteiger charge is -2.36. The van der Waals surface area contributed by atoms with Crippen LogP contribution in [0.25, 0.3) is 16.8 Å². The van der Waals surface area contributed by atoms with E-state index in [0.29, 0.717) is 29.6 Å². The average molecular weight is 536 g/mol. The van der Waals surface area contributed by atoms with E-state index in [4.69, 9.17) is 32.7 Å². The molecule has 5 rings (SSSR count). The second-order valence-electron chi connectivity index (χ2n) is 9.16. The summed E-state index contributed by atoms with van der Waals surface area (Å²) in [6.45, 7) is 3.08. The molecule has 0 N–H and O–H groups in total. The van der Waals surface area contributed by atoms with Crippen LogP contribution in [0.5, 0.6) is 5.75 Å². The number of imidazole rings is 1. The third-order valence-corrected chi connectivity index (χ3v) is 7.16. The fraction of sp³-hybridized carbons (Fsp3) is 0.241. The highest BCUT2D eigenvalue weighted by Crippen LogP contribution is 2.29. The smallest absolute Gasteiger partial charge is 0.252 e. The lowest BCUT2D eigenvalue weighted by molar-refractivity contribution is -0.161. The normalized spacial score (nSPS) is 17.7. The van der Waals surface area contributed by atoms with Crippen LogP contribution in [-0.2, 0) is 22.5 Å². The van der Waals surface area contributed by atoms with E-state index in [1.54, 1.807) is 19.5 Å². The Labute approximate surface area is 226 Å². The van der Waals surface area contributed by atoms with E-state index in [9.17, 15) is 4.79 Å². The van der Waals surface area contributed by atoms with Crippen LogP contribution in [0.15, 0.2) is 79.3 Å². The van der Waals surface area contributed by atoms with Crippen molar-refractivity contribution >= 4 is 29.1 Å². The van der Waals surface area contributed by atoms with E-state index in [1.165, 1.54) is 0 Å². The number of carbonyl (C=O) groups excluding carboxylic acids is 1. The zero-order chi connectivity index (χ0) is 25.9. The predicted octanol–water partition coefficient (Wildman–Crippen LogP) is 6.21. The van der Waals surface area contributed by atoms with Gasteiger partial charge in [0.15, 0.2) is 0 Å². The largest absolute Gasteiger partial charge is 0.497 e. The second-order valence-corrected chi connectivity index (χ2v) is 9.97. The Morgan fingerprint density at radius 2 is 1.81 bits per heavy atom. The molecule has 1 saturated heterocycles. The molecule has 3 aromatic carbocycles. The zero-order valence-corrected chi connectivity index (χ0v) is 22.1. The molecule has 37 heavy (non-hydrogen) atoms. The van der Waals surface area contributed by atoms with Crippen molar-refractivity contribution in [3.63, 3.8) is 0 Å². The van der Waals surface area contributed by atoms with E-state index < -0.39 is 6.10 Å². The van der Waals surface area contributed by atoms with Gasteiger partial charge in [-0.2, -0.15) is 0 Å². The maximum absolute atomic E-state index is 13.3. The van der Waals surface area contributed by atoms with Crippen molar-refractivity contribution in [2.45, 2.75) is 32.1 Å². The molecule has 0 spiro atoms. The first kappa shape index (κ1) is 25.3. The number of halogens is 2. The summed E-state index contributed by atoms with van der Waals surface area (Å²) in [5.41, 5.74) is 4.78. The molecule has 1 aliphatic rings. The molecule has 190 valence electrons. The van der Waals surface area contributed by atoms with E-state index in [0.717, 1.165) is 33.8 Å². The number of amides is 1. The first-order chi connectivity index (χ1) is 17.9. The molecule has 0 radical (unpaired) electrons. The number of aromatic nitrogens is 2. The van der Waals surface area contributed by atoms with E-state index in [1.807, 2.05) is 77.2 Å². The maximum Gasteiger partial charge on any atom is 0.252 e. The molecule has 2 heterocycles. The van der Waals surface area contributed by atoms with E-state index in [2.05, 4.69) is 11.1 Å². The lowest BCUT2D eigenvalue weighted by Crippen LogP contribution is -2.51. The Hall–Kier alpha value is -3.32. The number of rotatable bonds is 7. The average Bonchev–Trinajstić information content (AvgIpc) is 3.37. The van der Waals surface area contributed by atoms with Gasteiger partial charge in [0, 0.05) is 31.4 Å². The first-order valence-corrected chi connectivity index (χ1v) is 12.8. The van der Waals surface area contributed by atoms with Crippen molar-refractivity contribution in [1.82, 2.24) is 14.5 Å². The van der Waals surface area contributed by atoms with Gasteiger partial charge in [-0.25, -0.2) is 4.98 Å². The minimum absolute atomic E-state index is 0.0231. The number of ether oxygens (including phenoxy) is 2. The molecule has 0 bridgehead atoms. The molecule has 0 saturated carbocycles. The number of nitrogens with zero attached hydrogens (tertiary/aromatic N) is 3. The molecule has 6 nitrogen and oxygen atoms in total. The van der Waals surface area contributed by atoms with Gasteiger partial charge < -0.3 is 18.9 Å². The van der Waals surface area contributed by atoms with Crippen molar-refractivity contribution in [3.8, 4) is 22.6 Å². The molecule has 2 atom stereocenters. The minimum atomic E-state index is -0.576. The highest BCUT2D eigenvalue weighted by molar-refractivity contribution is 6.42. The van der Waals surface area contributed by atoms with Crippen LogP contribution >= 0.6 is 23.2 Å². The van der Waals surface area contributed by atoms with Crippen LogP contribution in [0.4, 0.5) is 0 Å². The summed E-state index contributed by atoms with van der Waals surface area (Å²) < 4.78 is 13.2. The van der Waals surface area contributed by atoms with Crippen LogP contribution in [0.3, 0.4) is 0 Å². The first-order valence-electron chi connectivity index (χ1n) is 12.1. The van der Waals surface area contributed by atoms with Crippen LogP contribution < -0.4 is 4.74 Å². The molecule has 1 fully saturated rings. The Balaban J connectivity index is 1.29. The fourth-order valence-electron chi connectivity index (χ4n) is 4.54. The van der Waals surface area contributed by atoms with Crippen LogP contribution in [0.1, 0.15) is 18.2 Å². The molecule has 1 aromatic heterocycles. The maximum atomic E-state index is 13.3. The van der Waals surface area contributed by atoms with Crippen LogP contribution in [-0.4, -0.2) is 46.2 Å². The van der Waals surface area contributed by atoms with Gasteiger partial charge in [0.1, 0.15) is 11.9 Å². The molecule has 2 unspecified atom stereocenters. The fourth-order valence-corrected chi connectivity index (χ4v) is 4.83. The molecule has 1 aliphatic heterocycles. The summed E-state index contributed by atoms with van der Waals surface area (Å²) in [5, 5.41) is 1.04. The predicted molar refractivity (Wildman–Crippen MR) is 145 cm³/mol. The number of morpholine rings is 1. The summed E-state index contributed by atoms with van der Waals surface area (Å²) in [7, 11) is 1.64. The van der Waals surface area contributed by atoms with Crippen molar-refractivity contribution in [1.29, 1.82) is 0 Å². The van der Waals surface area contributed by atoms with Gasteiger partial charge in [0.2, 0.25) is 0 Å². The number of carbonyl (C=O) groups is 1. The quantitative estimate of drug-likeness (QED) is 0.282. The van der Waals surface area contributed by atoms with Gasteiger partial charge in [-0.1, -0.05) is 53.5 Å². The van der Waals surface area contributed by atoms with Crippen LogP contribution in [0, 0.1) is 0 Å². The summed E-state index contributed by atoms with van der Waals surface area (Å²) >= 11 is 12.3. The third kappa shape index (κ3) is 5.82. The van der Waals surface area contributed by atoms with Crippen LogP contribution in [0.2, 0.25) is 10.0 Å². The number of benzene rings is 3. The molecule has 4 aromatic rings. The van der Waals surface area contributed by atoms with Crippen molar-refractivity contribution in [2.75, 3.05) is 13.7 Å². The van der Waals surface area contributed by atoms with Gasteiger partial charge in [-0.3, -0.25) is 4.79 Å². The SMILES string of the molecule is COc1ccc(CN2CC(C)OC(Cc3cn(-c4cccc(-c5ccc(Cl)c(Cl)c5)c4)cn3)C2=O)cc1. The van der Waals surface area contributed by atoms with Gasteiger partial charge in [0.05, 0.1) is 35.3 Å². The minimum Gasteiger partial charge on any atom is -0.497 e. The zero-order valence-electron chi connectivity index (χ0n) is 20.6. The number of hydrogen-bond donors (Lipinski definition) is 0. The molecular formula is C29H27Cl2N3O3. The summed E-state index contributed by atoms with van der Waals surface area (Å²) in [4.78, 5) is 19.7. The van der Waals surface area contributed by atoms with Crippen molar-refractivity contribution < 1.29 is 14.3 Å². The standard InChI is InChI=1S/C29H27Cl2N3O3/c1-19-15-33(16-20-6-9-25(36-2)10-7-20)29(35)28(37-19)14-23-17-34(18-32-23)24-5-3-4-21(12-24)22-8-11-26(30)27(31)13-22/h3-13,17-19,28H,14-16H2,1-2H3. The summed E-state index contributed by atoms with van der Waals surface area (Å²) in [6, 6.07) is 21.4. The topological polar surface area (TPSA) is 56.6 Å². The molecule has 1 amide bonds. The van der Waals surface area contributed by atoms with Crippen molar-refractivity contribution in [2.24, 2.45) is 0 Å². The van der Waals surface area contributed by atoms with Gasteiger partial charge in [-0.05, 0) is 60.0 Å². The Morgan fingerprint density at radius 1 is 1.03 bits per heavy atom. The highest BCUT2D eigenvalue weighted by Gasteiger charge is 2.33. The van der Waals surface area contributed by atoms with Gasteiger partial charge >= 0.3 is 0 Å². The van der Waals surface area contributed by atoms with E-state index >= 15 is 0 Å². The lowest BCUT2D eigenvalue weighted by atomic mass is 10.1. The second kappa shape index (κ2) is 11.0. The Kier molecular flexibility index (Phi) is 7.51. The molecule has 0 aliphatic carbocycles. The van der Waals surface area contributed by atoms with E-state index in [-0.39, 0.29) is 12.0 Å². The van der Waals surface area contributed by atoms with Crippen molar-refractivity contribution in [3.05, 3.63) is 101 Å². The van der Waals surface area contributed by atoms with Gasteiger partial charge in [0.25, 0.3) is 5.91 Å². The summed E-state index contributed by atoms with van der Waals surface area (Å²) in [6.07, 6.45) is 3.47. The molecule has 8 heteroatoms. The third-order valence-electron chi connectivity index (χ3n) is 6.42. The van der Waals surface area contributed by atoms with Gasteiger partial charge in [-0.15, -0.1) is 0 Å². The number of hydrogen-bond acceptors (Lipinski definition) is 4. The Morgan fingerprint density at radius 3 is 2.57 bits per heavy atom. The summed E-state index contributed by atoms with van der Waals surface area (Å²) in [5.74, 6) is 0.770. The Bertz CT molecular complexity index is 1400. The highest BCUT2D eigenvalue weighted by atomic mass is 35.5. The monoisotopic (exact) mass is 535 g/mol.